The summed E-state index contributed by atoms with van der Waals surface area (Å²) in [5.74, 6) is 1.70. The molecule has 4 rings (SSSR count). The number of hydrogen-bond donors (Lipinski definition) is 1. The van der Waals surface area contributed by atoms with Crippen LogP contribution < -0.4 is 10.1 Å². The van der Waals surface area contributed by atoms with Gasteiger partial charge in [-0.3, -0.25) is 4.79 Å². The van der Waals surface area contributed by atoms with Gasteiger partial charge in [-0.2, -0.15) is 10.1 Å². The second-order valence-corrected chi connectivity index (χ2v) is 6.15. The van der Waals surface area contributed by atoms with Crippen LogP contribution in [-0.4, -0.2) is 27.2 Å². The van der Waals surface area contributed by atoms with E-state index in [4.69, 9.17) is 4.74 Å². The Hall–Kier alpha value is -2.63. The molecule has 0 fully saturated rings. The summed E-state index contributed by atoms with van der Waals surface area (Å²) in [6, 6.07) is 7.69. The Bertz CT molecular complexity index is 809. The zero-order valence-corrected chi connectivity index (χ0v) is 13.7. The van der Waals surface area contributed by atoms with Gasteiger partial charge < -0.3 is 10.1 Å². The lowest BCUT2D eigenvalue weighted by atomic mass is 9.85. The molecule has 6 heteroatoms. The fourth-order valence-electron chi connectivity index (χ4n) is 3.40. The summed E-state index contributed by atoms with van der Waals surface area (Å²) in [5, 5.41) is 7.62. The molecule has 0 radical (unpaired) electrons. The Morgan fingerprint density at radius 1 is 1.38 bits per heavy atom. The summed E-state index contributed by atoms with van der Waals surface area (Å²) in [6.07, 6.45) is 4.82. The van der Waals surface area contributed by atoms with Crippen molar-refractivity contribution in [3.8, 4) is 5.75 Å². The largest absolute Gasteiger partial charge is 0.494 e. The molecular weight excluding hydrogens is 304 g/mol. The van der Waals surface area contributed by atoms with Gasteiger partial charge in [0.25, 0.3) is 0 Å². The summed E-state index contributed by atoms with van der Waals surface area (Å²) in [5.41, 5.74) is 2.79. The molecule has 1 aromatic heterocycles. The number of ketones is 1. The van der Waals surface area contributed by atoms with Gasteiger partial charge in [0, 0.05) is 17.7 Å². The maximum absolute atomic E-state index is 12.6. The van der Waals surface area contributed by atoms with Crippen molar-refractivity contribution in [2.45, 2.75) is 38.6 Å². The van der Waals surface area contributed by atoms with Crippen LogP contribution in [0.4, 0.5) is 5.95 Å². The maximum atomic E-state index is 12.6. The molecule has 0 saturated carbocycles. The Kier molecular flexibility index (Phi) is 3.80. The van der Waals surface area contributed by atoms with Crippen molar-refractivity contribution in [2.75, 3.05) is 11.9 Å². The smallest absolute Gasteiger partial charge is 0.226 e. The molecule has 24 heavy (non-hydrogen) atoms. The summed E-state index contributed by atoms with van der Waals surface area (Å²) in [6.45, 7) is 2.76. The highest BCUT2D eigenvalue weighted by molar-refractivity contribution is 5.99. The number of carbonyl (C=O) groups is 1. The molecular formula is C18H20N4O2. The number of fused-ring (bicyclic) bond motifs is 1. The first-order chi connectivity index (χ1) is 11.8. The predicted molar refractivity (Wildman–Crippen MR) is 89.9 cm³/mol. The van der Waals surface area contributed by atoms with Crippen molar-refractivity contribution in [1.82, 2.24) is 14.8 Å². The van der Waals surface area contributed by atoms with Crippen molar-refractivity contribution in [3.05, 3.63) is 47.4 Å². The van der Waals surface area contributed by atoms with E-state index in [1.54, 1.807) is 4.68 Å². The number of nitrogens with one attached hydrogen (secondary N) is 1. The molecule has 0 amide bonds. The van der Waals surface area contributed by atoms with Gasteiger partial charge in [-0.05, 0) is 37.0 Å². The molecule has 0 saturated heterocycles. The molecule has 0 bridgehead atoms. The van der Waals surface area contributed by atoms with Gasteiger partial charge >= 0.3 is 0 Å². The van der Waals surface area contributed by atoms with Crippen LogP contribution in [0.2, 0.25) is 0 Å². The summed E-state index contributed by atoms with van der Waals surface area (Å²) in [4.78, 5) is 16.9. The lowest BCUT2D eigenvalue weighted by Gasteiger charge is -2.32. The van der Waals surface area contributed by atoms with Crippen LogP contribution in [0.25, 0.3) is 0 Å². The number of aromatic nitrogens is 3. The van der Waals surface area contributed by atoms with E-state index in [2.05, 4.69) is 22.3 Å². The Morgan fingerprint density at radius 3 is 3.17 bits per heavy atom. The fraction of sp³-hybridized carbons (Fsp3) is 0.389. The Labute approximate surface area is 140 Å². The van der Waals surface area contributed by atoms with Crippen LogP contribution >= 0.6 is 0 Å². The predicted octanol–water partition coefficient (Wildman–Crippen LogP) is 3.09. The van der Waals surface area contributed by atoms with E-state index < -0.39 is 0 Å². The minimum absolute atomic E-state index is 0.190. The molecule has 1 N–H and O–H groups in total. The minimum atomic E-state index is -0.239. The Balaban J connectivity index is 1.80. The van der Waals surface area contributed by atoms with E-state index in [9.17, 15) is 4.79 Å². The SMILES string of the molecule is CCCOc1cccc(C2C3=C(CCCC3=O)Nc3ncnn32)c1. The molecule has 1 atom stereocenters. The third-order valence-corrected chi connectivity index (χ3v) is 4.46. The Morgan fingerprint density at radius 2 is 2.29 bits per heavy atom. The highest BCUT2D eigenvalue weighted by Crippen LogP contribution is 2.40. The van der Waals surface area contributed by atoms with Crippen LogP contribution in [-0.2, 0) is 4.79 Å². The standard InChI is InChI=1S/C18H20N4O2/c1-2-9-24-13-6-3-5-12(10-13)17-16-14(7-4-8-15(16)23)21-18-19-11-20-22(17)18/h3,5-6,10-11,17H,2,4,7-9H2,1H3,(H,19,20,21). The van der Waals surface area contributed by atoms with E-state index in [1.165, 1.54) is 6.33 Å². The molecule has 2 heterocycles. The van der Waals surface area contributed by atoms with Crippen LogP contribution in [0, 0.1) is 0 Å². The van der Waals surface area contributed by atoms with Crippen LogP contribution in [0.15, 0.2) is 41.9 Å². The lowest BCUT2D eigenvalue weighted by molar-refractivity contribution is -0.116. The van der Waals surface area contributed by atoms with E-state index >= 15 is 0 Å². The number of nitrogens with zero attached hydrogens (tertiary/aromatic N) is 3. The maximum Gasteiger partial charge on any atom is 0.226 e. The highest BCUT2D eigenvalue weighted by Gasteiger charge is 2.36. The lowest BCUT2D eigenvalue weighted by Crippen LogP contribution is -2.31. The van der Waals surface area contributed by atoms with Crippen molar-refractivity contribution >= 4 is 11.7 Å². The molecule has 2 aromatic rings. The number of rotatable bonds is 4. The first kappa shape index (κ1) is 14.9. The van der Waals surface area contributed by atoms with Gasteiger partial charge in [0.15, 0.2) is 5.78 Å². The molecule has 1 aromatic carbocycles. The van der Waals surface area contributed by atoms with E-state index in [1.807, 2.05) is 24.3 Å². The zero-order chi connectivity index (χ0) is 16.5. The van der Waals surface area contributed by atoms with Gasteiger partial charge in [-0.15, -0.1) is 0 Å². The molecule has 0 spiro atoms. The molecule has 124 valence electrons. The number of benzene rings is 1. The topological polar surface area (TPSA) is 69.0 Å². The normalized spacial score (nSPS) is 19.5. The van der Waals surface area contributed by atoms with E-state index in [-0.39, 0.29) is 11.8 Å². The summed E-state index contributed by atoms with van der Waals surface area (Å²) >= 11 is 0. The summed E-state index contributed by atoms with van der Waals surface area (Å²) in [7, 11) is 0. The van der Waals surface area contributed by atoms with Crippen molar-refractivity contribution in [2.24, 2.45) is 0 Å². The number of allylic oxidation sites excluding steroid dienone is 2. The molecule has 1 unspecified atom stereocenters. The number of hydrogen-bond acceptors (Lipinski definition) is 5. The van der Waals surface area contributed by atoms with Gasteiger partial charge in [-0.25, -0.2) is 4.68 Å². The molecule has 2 aliphatic rings. The van der Waals surface area contributed by atoms with Crippen molar-refractivity contribution in [3.63, 3.8) is 0 Å². The highest BCUT2D eigenvalue weighted by atomic mass is 16.5. The van der Waals surface area contributed by atoms with Gasteiger partial charge in [0.2, 0.25) is 5.95 Å². The minimum Gasteiger partial charge on any atom is -0.494 e. The van der Waals surface area contributed by atoms with Crippen molar-refractivity contribution < 1.29 is 9.53 Å². The van der Waals surface area contributed by atoms with Gasteiger partial charge in [0.1, 0.15) is 18.1 Å². The van der Waals surface area contributed by atoms with E-state index in [0.717, 1.165) is 41.8 Å². The second kappa shape index (κ2) is 6.11. The molecule has 1 aliphatic heterocycles. The quantitative estimate of drug-likeness (QED) is 0.936. The van der Waals surface area contributed by atoms with Gasteiger partial charge in [-0.1, -0.05) is 19.1 Å². The average molecular weight is 324 g/mol. The third-order valence-electron chi connectivity index (χ3n) is 4.46. The number of anilines is 1. The first-order valence-electron chi connectivity index (χ1n) is 8.43. The zero-order valence-electron chi connectivity index (χ0n) is 13.7. The van der Waals surface area contributed by atoms with Gasteiger partial charge in [0.05, 0.1) is 6.61 Å². The third kappa shape index (κ3) is 2.48. The fourth-order valence-corrected chi connectivity index (χ4v) is 3.40. The first-order valence-corrected chi connectivity index (χ1v) is 8.43. The van der Waals surface area contributed by atoms with E-state index in [0.29, 0.717) is 19.0 Å². The monoisotopic (exact) mass is 324 g/mol. The molecule has 1 aliphatic carbocycles. The number of ether oxygens (including phenoxy) is 1. The van der Waals surface area contributed by atoms with Crippen LogP contribution in [0.1, 0.15) is 44.2 Å². The molecule has 6 nitrogen and oxygen atoms in total. The van der Waals surface area contributed by atoms with Crippen LogP contribution in [0.3, 0.4) is 0 Å². The van der Waals surface area contributed by atoms with Crippen LogP contribution in [0.5, 0.6) is 5.75 Å². The number of carbonyl (C=O) groups excluding carboxylic acids is 1. The summed E-state index contributed by atoms with van der Waals surface area (Å²) < 4.78 is 7.55. The number of Topliss-reactive ketones (excluding diaryl/α,β-unsaturated/α-hetero) is 1. The second-order valence-electron chi connectivity index (χ2n) is 6.15. The van der Waals surface area contributed by atoms with Crippen molar-refractivity contribution in [1.29, 1.82) is 0 Å². The average Bonchev–Trinajstić information content (AvgIpc) is 3.06.